The van der Waals surface area contributed by atoms with Crippen LogP contribution >= 0.6 is 0 Å². The van der Waals surface area contributed by atoms with Gasteiger partial charge in [-0.05, 0) is 12.1 Å². The van der Waals surface area contributed by atoms with Gasteiger partial charge in [-0.15, -0.1) is 0 Å². The van der Waals surface area contributed by atoms with Gasteiger partial charge in [0.1, 0.15) is 0 Å². The van der Waals surface area contributed by atoms with Crippen LogP contribution in [0.2, 0.25) is 0 Å². The number of benzene rings is 1. The molecule has 0 saturated heterocycles. The van der Waals surface area contributed by atoms with E-state index < -0.39 is 22.8 Å². The first-order valence-electron chi connectivity index (χ1n) is 4.09. The monoisotopic (exact) mass is 212 g/mol. The second-order valence-corrected chi connectivity index (χ2v) is 3.12. The van der Waals surface area contributed by atoms with Gasteiger partial charge in [-0.25, -0.2) is 8.78 Å². The summed E-state index contributed by atoms with van der Waals surface area (Å²) in [7, 11) is 1.32. The minimum atomic E-state index is -1.15. The molecule has 15 heavy (non-hydrogen) atoms. The van der Waals surface area contributed by atoms with Crippen LogP contribution in [0.4, 0.5) is 8.78 Å². The molecule has 0 radical (unpaired) electrons. The lowest BCUT2D eigenvalue weighted by Gasteiger charge is -2.01. The van der Waals surface area contributed by atoms with E-state index in [0.29, 0.717) is 6.07 Å². The Morgan fingerprint density at radius 3 is 2.27 bits per heavy atom. The molecule has 1 aromatic carbocycles. The second kappa shape index (κ2) is 3.01. The second-order valence-electron chi connectivity index (χ2n) is 3.12. The number of hydrogen-bond acceptors (Lipinski definition) is 2. The zero-order valence-electron chi connectivity index (χ0n) is 7.67. The largest absolute Gasteiger partial charge is 0.272 e. The molecule has 0 amide bonds. The zero-order chi connectivity index (χ0) is 11.2. The highest BCUT2D eigenvalue weighted by molar-refractivity contribution is 5.80. The molecule has 0 aliphatic heterocycles. The van der Waals surface area contributed by atoms with Gasteiger partial charge in [0.05, 0.1) is 10.8 Å². The Kier molecular flexibility index (Phi) is 1.92. The minimum Gasteiger partial charge on any atom is -0.267 e. The number of aryl methyl sites for hydroxylation is 1. The summed E-state index contributed by atoms with van der Waals surface area (Å²) in [6, 6.07) is 1.44. The maximum atomic E-state index is 12.9. The van der Waals surface area contributed by atoms with Gasteiger partial charge in [0, 0.05) is 7.05 Å². The fourth-order valence-electron chi connectivity index (χ4n) is 1.36. The predicted molar refractivity (Wildman–Crippen MR) is 49.7 cm³/mol. The van der Waals surface area contributed by atoms with E-state index in [0.717, 1.165) is 10.7 Å². The average Bonchev–Trinajstić information content (AvgIpc) is 2.18. The molecule has 0 fully saturated rings. The Labute approximate surface area is 81.7 Å². The predicted octanol–water partition coefficient (Wildman–Crippen LogP) is 0.505. The van der Waals surface area contributed by atoms with E-state index in [2.05, 4.69) is 5.10 Å². The van der Waals surface area contributed by atoms with Gasteiger partial charge >= 0.3 is 0 Å². The normalized spacial score (nSPS) is 10.9. The Morgan fingerprint density at radius 1 is 1.13 bits per heavy atom. The van der Waals surface area contributed by atoms with Crippen molar-refractivity contribution in [3.05, 3.63) is 44.5 Å². The molecule has 0 saturated carbocycles. The average molecular weight is 212 g/mol. The van der Waals surface area contributed by atoms with Crippen molar-refractivity contribution in [2.24, 2.45) is 7.05 Å². The van der Waals surface area contributed by atoms with Crippen LogP contribution < -0.4 is 11.1 Å². The Morgan fingerprint density at radius 2 is 1.67 bits per heavy atom. The number of rotatable bonds is 0. The van der Waals surface area contributed by atoms with Crippen molar-refractivity contribution in [3.8, 4) is 0 Å². The highest BCUT2D eigenvalue weighted by Crippen LogP contribution is 2.11. The number of fused-ring (bicyclic) bond motifs is 1. The number of aromatic amines is 1. The maximum absolute atomic E-state index is 12.9. The van der Waals surface area contributed by atoms with Crippen LogP contribution in [0.1, 0.15) is 0 Å². The van der Waals surface area contributed by atoms with Crippen molar-refractivity contribution >= 4 is 10.8 Å². The molecule has 2 rings (SSSR count). The lowest BCUT2D eigenvalue weighted by atomic mass is 10.2. The molecule has 0 unspecified atom stereocenters. The third-order valence-electron chi connectivity index (χ3n) is 2.11. The third kappa shape index (κ3) is 1.34. The van der Waals surface area contributed by atoms with Gasteiger partial charge in [0.2, 0.25) is 0 Å². The van der Waals surface area contributed by atoms with Crippen LogP contribution in [0.5, 0.6) is 0 Å². The first-order chi connectivity index (χ1) is 7.00. The lowest BCUT2D eigenvalue weighted by molar-refractivity contribution is 0.510. The maximum Gasteiger partial charge on any atom is 0.272 e. The van der Waals surface area contributed by atoms with Gasteiger partial charge < -0.3 is 0 Å². The Hall–Kier alpha value is -1.98. The van der Waals surface area contributed by atoms with Crippen LogP contribution in [0.3, 0.4) is 0 Å². The Balaban J connectivity index is 3.11. The molecule has 0 bridgehead atoms. The highest BCUT2D eigenvalue weighted by Gasteiger charge is 2.10. The van der Waals surface area contributed by atoms with Crippen molar-refractivity contribution in [2.45, 2.75) is 0 Å². The number of nitrogens with zero attached hydrogens (tertiary/aromatic N) is 1. The number of halogens is 2. The molecule has 6 heteroatoms. The molecule has 2 aromatic rings. The van der Waals surface area contributed by atoms with Crippen molar-refractivity contribution < 1.29 is 8.78 Å². The number of aromatic nitrogens is 2. The fourth-order valence-corrected chi connectivity index (χ4v) is 1.36. The van der Waals surface area contributed by atoms with E-state index in [-0.39, 0.29) is 10.8 Å². The lowest BCUT2D eigenvalue weighted by Crippen LogP contribution is -2.27. The van der Waals surface area contributed by atoms with E-state index in [9.17, 15) is 18.4 Å². The first-order valence-corrected chi connectivity index (χ1v) is 4.09. The molecular formula is C9H6F2N2O2. The van der Waals surface area contributed by atoms with E-state index in [1.54, 1.807) is 0 Å². The van der Waals surface area contributed by atoms with Crippen LogP contribution in [-0.2, 0) is 7.05 Å². The molecule has 0 spiro atoms. The van der Waals surface area contributed by atoms with Crippen molar-refractivity contribution in [1.82, 2.24) is 9.78 Å². The van der Waals surface area contributed by atoms with Crippen LogP contribution in [0, 0.1) is 11.6 Å². The zero-order valence-corrected chi connectivity index (χ0v) is 7.67. The number of hydrogen-bond donors (Lipinski definition) is 1. The van der Waals surface area contributed by atoms with Crippen molar-refractivity contribution in [3.63, 3.8) is 0 Å². The van der Waals surface area contributed by atoms with Crippen LogP contribution in [0.15, 0.2) is 21.7 Å². The van der Waals surface area contributed by atoms with Gasteiger partial charge in [-0.2, -0.15) is 0 Å². The fraction of sp³-hybridized carbons (Fsp3) is 0.111. The number of H-pyrrole nitrogens is 1. The topological polar surface area (TPSA) is 54.9 Å². The van der Waals surface area contributed by atoms with E-state index in [1.807, 2.05) is 0 Å². The molecule has 1 aromatic heterocycles. The third-order valence-corrected chi connectivity index (χ3v) is 2.11. The standard InChI is InChI=1S/C9H6F2N2O2/c1-13-9(15)5-3-7(11)6(10)2-4(5)8(14)12-13/h2-3H,1H3,(H,12,14). The molecular weight excluding hydrogens is 206 g/mol. The van der Waals surface area contributed by atoms with Gasteiger partial charge in [-0.3, -0.25) is 19.4 Å². The summed E-state index contributed by atoms with van der Waals surface area (Å²) in [5, 5.41) is 1.89. The summed E-state index contributed by atoms with van der Waals surface area (Å²) >= 11 is 0. The van der Waals surface area contributed by atoms with Gasteiger partial charge in [0.15, 0.2) is 11.6 Å². The summed E-state index contributed by atoms with van der Waals surface area (Å²) in [6.45, 7) is 0. The summed E-state index contributed by atoms with van der Waals surface area (Å²) in [5.74, 6) is -2.30. The van der Waals surface area contributed by atoms with E-state index in [4.69, 9.17) is 0 Å². The first kappa shape index (κ1) is 9.57. The minimum absolute atomic E-state index is 0.139. The summed E-state index contributed by atoms with van der Waals surface area (Å²) in [5.41, 5.74) is -1.21. The van der Waals surface area contributed by atoms with E-state index in [1.165, 1.54) is 7.05 Å². The molecule has 1 N–H and O–H groups in total. The number of nitrogens with one attached hydrogen (secondary N) is 1. The van der Waals surface area contributed by atoms with E-state index >= 15 is 0 Å². The highest BCUT2D eigenvalue weighted by atomic mass is 19.2. The van der Waals surface area contributed by atoms with Gasteiger partial charge in [0.25, 0.3) is 11.1 Å². The Bertz CT molecular complexity index is 657. The molecule has 0 aliphatic rings. The SMILES string of the molecule is Cn1[nH]c(=O)c2cc(F)c(F)cc2c1=O. The van der Waals surface area contributed by atoms with Crippen molar-refractivity contribution in [2.75, 3.05) is 0 Å². The smallest absolute Gasteiger partial charge is 0.267 e. The van der Waals surface area contributed by atoms with Crippen LogP contribution in [-0.4, -0.2) is 9.78 Å². The van der Waals surface area contributed by atoms with Crippen molar-refractivity contribution in [1.29, 1.82) is 0 Å². The molecule has 1 heterocycles. The molecule has 0 atom stereocenters. The summed E-state index contributed by atoms with van der Waals surface area (Å²) < 4.78 is 26.6. The van der Waals surface area contributed by atoms with Gasteiger partial charge in [-0.1, -0.05) is 0 Å². The quantitative estimate of drug-likeness (QED) is 0.691. The molecule has 78 valence electrons. The summed E-state index contributed by atoms with van der Waals surface area (Å²) in [6.07, 6.45) is 0. The molecule has 0 aliphatic carbocycles. The summed E-state index contributed by atoms with van der Waals surface area (Å²) in [4.78, 5) is 22.8. The van der Waals surface area contributed by atoms with Crippen LogP contribution in [0.25, 0.3) is 10.8 Å². The molecule has 4 nitrogen and oxygen atoms in total.